The molecule has 0 aromatic carbocycles. The Balaban J connectivity index is 1.75. The van der Waals surface area contributed by atoms with E-state index in [2.05, 4.69) is 20.6 Å². The standard InChI is InChI=1S/C11H14N4O4/c1-16-6-7-4-8(14-18-7)11-13-10(15-19-11)9-5-12-2-3-17-9/h4,9,12H,2-3,5-6H2,1H3. The number of hydrogen-bond donors (Lipinski definition) is 1. The first-order chi connectivity index (χ1) is 9.36. The third kappa shape index (κ3) is 2.65. The first-order valence-corrected chi connectivity index (χ1v) is 5.97. The predicted molar refractivity (Wildman–Crippen MR) is 62.1 cm³/mol. The van der Waals surface area contributed by atoms with Gasteiger partial charge in [-0.1, -0.05) is 10.3 Å². The van der Waals surface area contributed by atoms with Crippen molar-refractivity contribution in [2.45, 2.75) is 12.7 Å². The molecule has 2 aromatic rings. The molecule has 1 fully saturated rings. The lowest BCUT2D eigenvalue weighted by Gasteiger charge is -2.20. The second kappa shape index (κ2) is 5.47. The molecule has 3 rings (SSSR count). The zero-order valence-corrected chi connectivity index (χ0v) is 10.5. The van der Waals surface area contributed by atoms with Gasteiger partial charge in [-0.2, -0.15) is 4.98 Å². The van der Waals surface area contributed by atoms with E-state index in [1.165, 1.54) is 0 Å². The average Bonchev–Trinajstić information content (AvgIpc) is 3.08. The third-order valence-electron chi connectivity index (χ3n) is 2.72. The number of methoxy groups -OCH3 is 1. The number of aromatic nitrogens is 3. The van der Waals surface area contributed by atoms with Crippen molar-refractivity contribution < 1.29 is 18.5 Å². The van der Waals surface area contributed by atoms with Crippen molar-refractivity contribution in [2.75, 3.05) is 26.8 Å². The number of nitrogens with one attached hydrogen (secondary N) is 1. The molecule has 0 radical (unpaired) electrons. The monoisotopic (exact) mass is 266 g/mol. The molecule has 0 bridgehead atoms. The molecule has 2 aromatic heterocycles. The summed E-state index contributed by atoms with van der Waals surface area (Å²) in [5.41, 5.74) is 0.495. The first kappa shape index (κ1) is 12.3. The second-order valence-corrected chi connectivity index (χ2v) is 4.13. The molecule has 0 spiro atoms. The van der Waals surface area contributed by atoms with E-state index >= 15 is 0 Å². The topological polar surface area (TPSA) is 95.4 Å². The molecule has 3 heterocycles. The van der Waals surface area contributed by atoms with Crippen molar-refractivity contribution in [2.24, 2.45) is 0 Å². The molecular formula is C11H14N4O4. The summed E-state index contributed by atoms with van der Waals surface area (Å²) in [5.74, 6) is 1.43. The lowest BCUT2D eigenvalue weighted by molar-refractivity contribution is 0.0208. The summed E-state index contributed by atoms with van der Waals surface area (Å²) in [5, 5.41) is 11.0. The minimum absolute atomic E-state index is 0.184. The maximum absolute atomic E-state index is 5.55. The molecule has 19 heavy (non-hydrogen) atoms. The highest BCUT2D eigenvalue weighted by atomic mass is 16.5. The molecule has 102 valence electrons. The molecule has 1 unspecified atom stereocenters. The summed E-state index contributed by atoms with van der Waals surface area (Å²) in [6.07, 6.45) is -0.184. The van der Waals surface area contributed by atoms with E-state index in [1.54, 1.807) is 13.2 Å². The highest BCUT2D eigenvalue weighted by Crippen LogP contribution is 2.21. The number of ether oxygens (including phenoxy) is 2. The van der Waals surface area contributed by atoms with Crippen LogP contribution in [0, 0.1) is 0 Å². The summed E-state index contributed by atoms with van der Waals surface area (Å²) in [7, 11) is 1.58. The van der Waals surface area contributed by atoms with E-state index < -0.39 is 0 Å². The summed E-state index contributed by atoms with van der Waals surface area (Å²) in [4.78, 5) is 4.27. The smallest absolute Gasteiger partial charge is 0.280 e. The van der Waals surface area contributed by atoms with Crippen LogP contribution in [0.5, 0.6) is 0 Å². The van der Waals surface area contributed by atoms with Crippen LogP contribution in [0.4, 0.5) is 0 Å². The van der Waals surface area contributed by atoms with Gasteiger partial charge in [-0.3, -0.25) is 0 Å². The zero-order valence-electron chi connectivity index (χ0n) is 10.5. The number of rotatable bonds is 4. The Labute approximate surface area is 109 Å². The number of morpholine rings is 1. The van der Waals surface area contributed by atoms with Crippen LogP contribution in [0.15, 0.2) is 15.1 Å². The fourth-order valence-corrected chi connectivity index (χ4v) is 1.82. The van der Waals surface area contributed by atoms with Crippen molar-refractivity contribution in [3.05, 3.63) is 17.7 Å². The molecule has 1 saturated heterocycles. The van der Waals surface area contributed by atoms with Gasteiger partial charge in [0.15, 0.2) is 11.5 Å². The largest absolute Gasteiger partial charge is 0.377 e. The van der Waals surface area contributed by atoms with Crippen LogP contribution in [0.2, 0.25) is 0 Å². The van der Waals surface area contributed by atoms with Crippen LogP contribution in [-0.2, 0) is 16.1 Å². The van der Waals surface area contributed by atoms with Crippen molar-refractivity contribution in [1.82, 2.24) is 20.6 Å². The normalized spacial score (nSPS) is 19.7. The van der Waals surface area contributed by atoms with Gasteiger partial charge in [0, 0.05) is 26.3 Å². The first-order valence-electron chi connectivity index (χ1n) is 5.97. The summed E-state index contributed by atoms with van der Waals surface area (Å²) in [6.45, 7) is 2.50. The Morgan fingerprint density at radius 3 is 3.16 bits per heavy atom. The second-order valence-electron chi connectivity index (χ2n) is 4.13. The number of nitrogens with zero attached hydrogens (tertiary/aromatic N) is 3. The van der Waals surface area contributed by atoms with Gasteiger partial charge >= 0.3 is 0 Å². The Morgan fingerprint density at radius 1 is 1.42 bits per heavy atom. The Bertz CT molecular complexity index is 532. The minimum atomic E-state index is -0.184. The molecule has 0 amide bonds. The SMILES string of the molecule is COCc1cc(-c2nc(C3CNCCO3)no2)no1. The molecular weight excluding hydrogens is 252 g/mol. The minimum Gasteiger partial charge on any atom is -0.377 e. The van der Waals surface area contributed by atoms with Crippen molar-refractivity contribution in [3.8, 4) is 11.6 Å². The van der Waals surface area contributed by atoms with E-state index in [0.717, 1.165) is 6.54 Å². The van der Waals surface area contributed by atoms with Crippen molar-refractivity contribution >= 4 is 0 Å². The van der Waals surface area contributed by atoms with Gasteiger partial charge in [0.1, 0.15) is 12.7 Å². The van der Waals surface area contributed by atoms with Crippen LogP contribution in [0.3, 0.4) is 0 Å². The molecule has 1 atom stereocenters. The quantitative estimate of drug-likeness (QED) is 0.856. The Hall–Kier alpha value is -1.77. The third-order valence-corrected chi connectivity index (χ3v) is 2.72. The molecule has 1 aliphatic rings. The van der Waals surface area contributed by atoms with Gasteiger partial charge in [-0.25, -0.2) is 0 Å². The summed E-state index contributed by atoms with van der Waals surface area (Å²) in [6, 6.07) is 1.71. The lowest BCUT2D eigenvalue weighted by atomic mass is 10.3. The highest BCUT2D eigenvalue weighted by molar-refractivity contribution is 5.45. The highest BCUT2D eigenvalue weighted by Gasteiger charge is 2.23. The lowest BCUT2D eigenvalue weighted by Crippen LogP contribution is -2.33. The molecule has 0 saturated carbocycles. The van der Waals surface area contributed by atoms with Gasteiger partial charge in [-0.05, 0) is 0 Å². The molecule has 1 N–H and O–H groups in total. The van der Waals surface area contributed by atoms with E-state index in [0.29, 0.717) is 42.9 Å². The number of hydrogen-bond acceptors (Lipinski definition) is 8. The van der Waals surface area contributed by atoms with Crippen LogP contribution in [0.25, 0.3) is 11.6 Å². The van der Waals surface area contributed by atoms with Crippen LogP contribution in [-0.4, -0.2) is 42.1 Å². The summed E-state index contributed by atoms with van der Waals surface area (Å²) < 4.78 is 20.7. The van der Waals surface area contributed by atoms with Gasteiger partial charge in [0.25, 0.3) is 5.89 Å². The maximum atomic E-state index is 5.55. The molecule has 8 heteroatoms. The zero-order chi connectivity index (χ0) is 13.1. The molecule has 1 aliphatic heterocycles. The fraction of sp³-hybridized carbons (Fsp3) is 0.545. The van der Waals surface area contributed by atoms with Crippen LogP contribution >= 0.6 is 0 Å². The van der Waals surface area contributed by atoms with Crippen LogP contribution < -0.4 is 5.32 Å². The summed E-state index contributed by atoms with van der Waals surface area (Å²) >= 11 is 0. The van der Waals surface area contributed by atoms with E-state index in [1.807, 2.05) is 0 Å². The average molecular weight is 266 g/mol. The maximum Gasteiger partial charge on any atom is 0.280 e. The van der Waals surface area contributed by atoms with E-state index in [4.69, 9.17) is 18.5 Å². The molecule has 0 aliphatic carbocycles. The van der Waals surface area contributed by atoms with Crippen LogP contribution in [0.1, 0.15) is 17.7 Å². The van der Waals surface area contributed by atoms with E-state index in [-0.39, 0.29) is 6.10 Å². The van der Waals surface area contributed by atoms with E-state index in [9.17, 15) is 0 Å². The van der Waals surface area contributed by atoms with Gasteiger partial charge < -0.3 is 23.8 Å². The predicted octanol–water partition coefficient (Wildman–Crippen LogP) is 0.532. The Kier molecular flexibility index (Phi) is 3.53. The van der Waals surface area contributed by atoms with Gasteiger partial charge in [0.05, 0.1) is 6.61 Å². The Morgan fingerprint density at radius 2 is 2.37 bits per heavy atom. The molecule has 8 nitrogen and oxygen atoms in total. The van der Waals surface area contributed by atoms with Crippen molar-refractivity contribution in [1.29, 1.82) is 0 Å². The van der Waals surface area contributed by atoms with Gasteiger partial charge in [0.2, 0.25) is 5.82 Å². The van der Waals surface area contributed by atoms with Crippen molar-refractivity contribution in [3.63, 3.8) is 0 Å². The fourth-order valence-electron chi connectivity index (χ4n) is 1.82. The van der Waals surface area contributed by atoms with Gasteiger partial charge in [-0.15, -0.1) is 0 Å².